The van der Waals surface area contributed by atoms with Crippen molar-refractivity contribution in [3.05, 3.63) is 56.9 Å². The number of anilines is 1. The molecule has 0 aromatic heterocycles. The van der Waals surface area contributed by atoms with E-state index in [0.29, 0.717) is 37.9 Å². The molecule has 1 saturated heterocycles. The van der Waals surface area contributed by atoms with Crippen LogP contribution in [0.15, 0.2) is 41.3 Å². The highest BCUT2D eigenvalue weighted by Crippen LogP contribution is 2.40. The molecule has 0 saturated carbocycles. The Hall–Kier alpha value is -2.26. The van der Waals surface area contributed by atoms with E-state index in [4.69, 9.17) is 44.9 Å². The molecular formula is C21H17Cl2NO5S2. The van der Waals surface area contributed by atoms with Crippen molar-refractivity contribution in [3.8, 4) is 11.5 Å². The molecule has 2 aromatic rings. The van der Waals surface area contributed by atoms with Crippen LogP contribution in [0.5, 0.6) is 11.5 Å². The van der Waals surface area contributed by atoms with Crippen LogP contribution < -0.4 is 14.4 Å². The number of ether oxygens (including phenoxy) is 3. The second-order valence-corrected chi connectivity index (χ2v) is 8.64. The number of rotatable bonds is 7. The Bertz CT molecular complexity index is 1070. The maximum Gasteiger partial charge on any atom is 0.343 e. The maximum absolute atomic E-state index is 13.0. The van der Waals surface area contributed by atoms with Crippen LogP contribution in [0, 0.1) is 0 Å². The van der Waals surface area contributed by atoms with Crippen molar-refractivity contribution in [1.82, 2.24) is 0 Å². The van der Waals surface area contributed by atoms with Gasteiger partial charge in [0, 0.05) is 5.02 Å². The number of hydrogen-bond donors (Lipinski definition) is 0. The zero-order chi connectivity index (χ0) is 22.5. The summed E-state index contributed by atoms with van der Waals surface area (Å²) in [5.74, 6) is -0.252. The molecule has 1 aliphatic heterocycles. The average Bonchev–Trinajstić information content (AvgIpc) is 3.00. The number of thiocarbonyl (C=S) groups is 1. The first-order valence-electron chi connectivity index (χ1n) is 9.03. The average molecular weight is 498 g/mol. The number of nitrogens with zero attached hydrogens (tertiary/aromatic N) is 1. The Balaban J connectivity index is 1.91. The summed E-state index contributed by atoms with van der Waals surface area (Å²) in [6.07, 6.45) is 1.67. The van der Waals surface area contributed by atoms with Crippen molar-refractivity contribution >= 4 is 75.1 Å². The largest absolute Gasteiger partial charge is 0.490 e. The predicted octanol–water partition coefficient (Wildman–Crippen LogP) is 5.35. The van der Waals surface area contributed by atoms with Crippen molar-refractivity contribution in [2.75, 3.05) is 25.2 Å². The first-order valence-corrected chi connectivity index (χ1v) is 11.0. The molecule has 6 nitrogen and oxygen atoms in total. The lowest BCUT2D eigenvalue weighted by atomic mass is 10.1. The lowest BCUT2D eigenvalue weighted by molar-refractivity contribution is -0.142. The van der Waals surface area contributed by atoms with Crippen LogP contribution in [-0.2, 0) is 14.3 Å². The van der Waals surface area contributed by atoms with Crippen molar-refractivity contribution < 1.29 is 23.8 Å². The number of amides is 1. The Morgan fingerprint density at radius 1 is 1.23 bits per heavy atom. The fourth-order valence-corrected chi connectivity index (χ4v) is 4.48. The third-order valence-corrected chi connectivity index (χ3v) is 5.87. The van der Waals surface area contributed by atoms with Crippen molar-refractivity contribution in [3.63, 3.8) is 0 Å². The smallest absolute Gasteiger partial charge is 0.343 e. The molecule has 0 aliphatic carbocycles. The number of carbonyl (C=O) groups is 2. The van der Waals surface area contributed by atoms with Crippen LogP contribution >= 0.6 is 47.2 Å². The summed E-state index contributed by atoms with van der Waals surface area (Å²) in [7, 11) is 1.26. The highest BCUT2D eigenvalue weighted by atomic mass is 35.5. The first kappa shape index (κ1) is 23.4. The topological polar surface area (TPSA) is 65.1 Å². The van der Waals surface area contributed by atoms with E-state index in [-0.39, 0.29) is 23.3 Å². The normalized spacial score (nSPS) is 14.8. The number of halogens is 2. The summed E-state index contributed by atoms with van der Waals surface area (Å²) in [5.41, 5.74) is 1.21. The van der Waals surface area contributed by atoms with Crippen LogP contribution in [0.1, 0.15) is 12.5 Å². The molecule has 162 valence electrons. The lowest BCUT2D eigenvalue weighted by Gasteiger charge is -2.15. The van der Waals surface area contributed by atoms with E-state index in [1.54, 1.807) is 49.4 Å². The van der Waals surface area contributed by atoms with Crippen LogP contribution in [0.3, 0.4) is 0 Å². The highest BCUT2D eigenvalue weighted by molar-refractivity contribution is 8.27. The third-order valence-electron chi connectivity index (χ3n) is 4.05. The van der Waals surface area contributed by atoms with Gasteiger partial charge in [0.1, 0.15) is 0 Å². The fraction of sp³-hybridized carbons (Fsp3) is 0.190. The summed E-state index contributed by atoms with van der Waals surface area (Å²) in [6, 6.07) is 10.2. The Labute approximate surface area is 199 Å². The van der Waals surface area contributed by atoms with Gasteiger partial charge >= 0.3 is 5.97 Å². The van der Waals surface area contributed by atoms with Gasteiger partial charge in [0.2, 0.25) is 0 Å². The number of methoxy groups -OCH3 is 1. The van der Waals surface area contributed by atoms with Crippen molar-refractivity contribution in [1.29, 1.82) is 0 Å². The van der Waals surface area contributed by atoms with Gasteiger partial charge in [0.25, 0.3) is 5.91 Å². The minimum atomic E-state index is -0.549. The van der Waals surface area contributed by atoms with E-state index in [1.807, 2.05) is 0 Å². The van der Waals surface area contributed by atoms with Crippen molar-refractivity contribution in [2.45, 2.75) is 6.92 Å². The molecular weight excluding hydrogens is 481 g/mol. The number of benzene rings is 2. The Kier molecular flexibility index (Phi) is 7.83. The molecule has 1 aliphatic rings. The van der Waals surface area contributed by atoms with Crippen LogP contribution in [-0.4, -0.2) is 36.5 Å². The summed E-state index contributed by atoms with van der Waals surface area (Å²) in [6.45, 7) is 1.85. The number of hydrogen-bond acceptors (Lipinski definition) is 7. The van der Waals surface area contributed by atoms with Crippen LogP contribution in [0.4, 0.5) is 5.69 Å². The van der Waals surface area contributed by atoms with Gasteiger partial charge in [-0.05, 0) is 48.9 Å². The second kappa shape index (κ2) is 10.4. The molecule has 1 heterocycles. The molecule has 0 unspecified atom stereocenters. The summed E-state index contributed by atoms with van der Waals surface area (Å²) >= 11 is 19.0. The summed E-state index contributed by atoms with van der Waals surface area (Å²) in [5, 5.41) is 0.734. The van der Waals surface area contributed by atoms with Gasteiger partial charge in [-0.15, -0.1) is 0 Å². The van der Waals surface area contributed by atoms with Gasteiger partial charge in [0.15, 0.2) is 22.4 Å². The molecule has 0 bridgehead atoms. The van der Waals surface area contributed by atoms with Crippen molar-refractivity contribution in [2.24, 2.45) is 0 Å². The Morgan fingerprint density at radius 3 is 2.68 bits per heavy atom. The zero-order valence-corrected chi connectivity index (χ0v) is 19.7. The first-order chi connectivity index (χ1) is 14.8. The highest BCUT2D eigenvalue weighted by Gasteiger charge is 2.33. The van der Waals surface area contributed by atoms with Gasteiger partial charge in [0.05, 0.1) is 29.3 Å². The monoisotopic (exact) mass is 497 g/mol. The molecule has 3 rings (SSSR count). The van der Waals surface area contributed by atoms with Gasteiger partial charge in [-0.3, -0.25) is 9.69 Å². The van der Waals surface area contributed by atoms with Gasteiger partial charge < -0.3 is 14.2 Å². The minimum Gasteiger partial charge on any atom is -0.490 e. The standard InChI is InChI=1S/C21H17Cl2NO5S2/c1-3-28-16-8-12(7-15(23)19(16)29-11-18(25)27-2)9-17-20(26)24(21(30)31-17)14-6-4-5-13(22)10-14/h4-10H,3,11H2,1-2H3/b17-9+. The summed E-state index contributed by atoms with van der Waals surface area (Å²) < 4.78 is 16.0. The molecule has 10 heteroatoms. The van der Waals surface area contributed by atoms with E-state index in [1.165, 1.54) is 23.8 Å². The van der Waals surface area contributed by atoms with E-state index in [0.717, 1.165) is 0 Å². The molecule has 0 spiro atoms. The Morgan fingerprint density at radius 2 is 2.00 bits per heavy atom. The maximum atomic E-state index is 13.0. The van der Waals surface area contributed by atoms with Crippen LogP contribution in [0.2, 0.25) is 10.0 Å². The molecule has 0 N–H and O–H groups in total. The van der Waals surface area contributed by atoms with E-state index in [9.17, 15) is 9.59 Å². The second-order valence-electron chi connectivity index (χ2n) is 6.12. The van der Waals surface area contributed by atoms with Crippen LogP contribution in [0.25, 0.3) is 6.08 Å². The number of thioether (sulfide) groups is 1. The van der Waals surface area contributed by atoms with Gasteiger partial charge in [-0.2, -0.15) is 0 Å². The fourth-order valence-electron chi connectivity index (χ4n) is 2.72. The molecule has 2 aromatic carbocycles. The minimum absolute atomic E-state index is 0.220. The molecule has 0 atom stereocenters. The number of esters is 1. The number of carbonyl (C=O) groups excluding carboxylic acids is 2. The third kappa shape index (κ3) is 5.51. The zero-order valence-electron chi connectivity index (χ0n) is 16.5. The van der Waals surface area contributed by atoms with Gasteiger partial charge in [-0.25, -0.2) is 4.79 Å². The van der Waals surface area contributed by atoms with Gasteiger partial charge in [-0.1, -0.05) is 53.2 Å². The van der Waals surface area contributed by atoms with E-state index in [2.05, 4.69) is 4.74 Å². The lowest BCUT2D eigenvalue weighted by Crippen LogP contribution is -2.27. The van der Waals surface area contributed by atoms with E-state index >= 15 is 0 Å². The SMILES string of the molecule is CCOc1cc(/C=C2/SC(=S)N(c3cccc(Cl)c3)C2=O)cc(Cl)c1OCC(=O)OC. The molecule has 31 heavy (non-hydrogen) atoms. The summed E-state index contributed by atoms with van der Waals surface area (Å²) in [4.78, 5) is 26.2. The predicted molar refractivity (Wildman–Crippen MR) is 127 cm³/mol. The molecule has 0 radical (unpaired) electrons. The quantitative estimate of drug-likeness (QED) is 0.290. The van der Waals surface area contributed by atoms with E-state index < -0.39 is 5.97 Å². The molecule has 1 amide bonds. The molecule has 1 fully saturated rings.